The fourth-order valence-corrected chi connectivity index (χ4v) is 2.45. The Bertz CT molecular complexity index is 850. The molecule has 2 heterocycles. The Labute approximate surface area is 144 Å². The Hall–Kier alpha value is -3.00. The molecule has 1 atom stereocenters. The zero-order valence-electron chi connectivity index (χ0n) is 13.8. The molecule has 2 aromatic heterocycles. The lowest BCUT2D eigenvalue weighted by Crippen LogP contribution is -2.10. The minimum Gasteiger partial charge on any atom is -0.374 e. The summed E-state index contributed by atoms with van der Waals surface area (Å²) in [5.41, 5.74) is 1.59. The molecule has 0 amide bonds. The number of imidazole rings is 1. The molecule has 0 radical (unpaired) electrons. The first-order valence-electron chi connectivity index (χ1n) is 8.05. The first-order valence-corrected chi connectivity index (χ1v) is 8.05. The molecular formula is C17H19N5O3. The molecule has 1 aromatic carbocycles. The molecule has 25 heavy (non-hydrogen) atoms. The second-order valence-corrected chi connectivity index (χ2v) is 5.57. The number of nitrogens with one attached hydrogen (secondary N) is 1. The maximum atomic E-state index is 10.9. The van der Waals surface area contributed by atoms with E-state index in [0.29, 0.717) is 24.6 Å². The van der Waals surface area contributed by atoms with E-state index < -0.39 is 4.92 Å². The summed E-state index contributed by atoms with van der Waals surface area (Å²) in [6.45, 7) is 3.29. The van der Waals surface area contributed by atoms with Gasteiger partial charge in [0.15, 0.2) is 5.82 Å². The van der Waals surface area contributed by atoms with Crippen LogP contribution in [0.3, 0.4) is 0 Å². The first kappa shape index (κ1) is 16.8. The van der Waals surface area contributed by atoms with Crippen molar-refractivity contribution < 1.29 is 9.66 Å². The highest BCUT2D eigenvalue weighted by atomic mass is 16.6. The Morgan fingerprint density at radius 3 is 2.84 bits per heavy atom. The third kappa shape index (κ3) is 4.10. The number of rotatable bonds is 8. The molecule has 3 rings (SSSR count). The van der Waals surface area contributed by atoms with Crippen molar-refractivity contribution >= 4 is 17.3 Å². The molecule has 0 saturated heterocycles. The zero-order chi connectivity index (χ0) is 17.6. The van der Waals surface area contributed by atoms with Crippen molar-refractivity contribution in [3.8, 4) is 0 Å². The average molecular weight is 341 g/mol. The summed E-state index contributed by atoms with van der Waals surface area (Å²) >= 11 is 0. The molecule has 0 spiro atoms. The predicted octanol–water partition coefficient (Wildman–Crippen LogP) is 3.22. The quantitative estimate of drug-likeness (QED) is 0.384. The SMILES string of the molecule is C[C@H](OCCCNc1ccc2ncc([N+](=O)[O-])n2n1)c1ccccc1. The van der Waals surface area contributed by atoms with E-state index in [9.17, 15) is 10.1 Å². The smallest absolute Gasteiger partial charge is 0.368 e. The van der Waals surface area contributed by atoms with Gasteiger partial charge in [0.05, 0.1) is 6.10 Å². The highest BCUT2D eigenvalue weighted by Crippen LogP contribution is 2.16. The number of anilines is 1. The third-order valence-electron chi connectivity index (χ3n) is 3.80. The minimum atomic E-state index is -0.504. The lowest BCUT2D eigenvalue weighted by molar-refractivity contribution is -0.391. The molecule has 0 aliphatic rings. The first-order chi connectivity index (χ1) is 12.1. The van der Waals surface area contributed by atoms with Crippen LogP contribution in [0.4, 0.5) is 11.6 Å². The normalized spacial score (nSPS) is 12.2. The van der Waals surface area contributed by atoms with Gasteiger partial charge in [-0.05, 0) is 29.9 Å². The van der Waals surface area contributed by atoms with Crippen LogP contribution in [0.15, 0.2) is 48.7 Å². The van der Waals surface area contributed by atoms with E-state index >= 15 is 0 Å². The number of ether oxygens (including phenoxy) is 1. The number of aromatic nitrogens is 3. The van der Waals surface area contributed by atoms with Crippen molar-refractivity contribution in [3.63, 3.8) is 0 Å². The minimum absolute atomic E-state index is 0.0456. The van der Waals surface area contributed by atoms with Crippen LogP contribution in [0.5, 0.6) is 0 Å². The van der Waals surface area contributed by atoms with E-state index in [-0.39, 0.29) is 11.9 Å². The second kappa shape index (κ2) is 7.71. The highest BCUT2D eigenvalue weighted by molar-refractivity contribution is 5.48. The number of hydrogen-bond acceptors (Lipinski definition) is 6. The van der Waals surface area contributed by atoms with E-state index in [0.717, 1.165) is 12.0 Å². The van der Waals surface area contributed by atoms with Crippen molar-refractivity contribution in [3.05, 3.63) is 64.3 Å². The Morgan fingerprint density at radius 1 is 1.28 bits per heavy atom. The van der Waals surface area contributed by atoms with Crippen LogP contribution >= 0.6 is 0 Å². The summed E-state index contributed by atoms with van der Waals surface area (Å²) in [7, 11) is 0. The average Bonchev–Trinajstić information content (AvgIpc) is 3.05. The molecule has 8 heteroatoms. The van der Waals surface area contributed by atoms with Gasteiger partial charge in [-0.15, -0.1) is 0 Å². The van der Waals surface area contributed by atoms with Gasteiger partial charge in [0.2, 0.25) is 5.65 Å². The van der Waals surface area contributed by atoms with E-state index in [4.69, 9.17) is 4.74 Å². The molecule has 3 aromatic rings. The van der Waals surface area contributed by atoms with Crippen molar-refractivity contribution in [1.82, 2.24) is 14.6 Å². The number of nitro groups is 1. The maximum Gasteiger partial charge on any atom is 0.368 e. The van der Waals surface area contributed by atoms with E-state index in [1.165, 1.54) is 10.7 Å². The van der Waals surface area contributed by atoms with Crippen LogP contribution in [-0.2, 0) is 4.74 Å². The van der Waals surface area contributed by atoms with E-state index in [1.807, 2.05) is 37.3 Å². The monoisotopic (exact) mass is 341 g/mol. The molecule has 1 N–H and O–H groups in total. The van der Waals surface area contributed by atoms with Crippen molar-refractivity contribution in [2.24, 2.45) is 0 Å². The molecule has 8 nitrogen and oxygen atoms in total. The van der Waals surface area contributed by atoms with E-state index in [1.54, 1.807) is 12.1 Å². The van der Waals surface area contributed by atoms with Gasteiger partial charge < -0.3 is 20.2 Å². The second-order valence-electron chi connectivity index (χ2n) is 5.57. The lowest BCUT2D eigenvalue weighted by atomic mass is 10.1. The third-order valence-corrected chi connectivity index (χ3v) is 3.80. The van der Waals surface area contributed by atoms with E-state index in [2.05, 4.69) is 15.4 Å². The van der Waals surface area contributed by atoms with Crippen molar-refractivity contribution in [2.45, 2.75) is 19.4 Å². The van der Waals surface area contributed by atoms with Gasteiger partial charge in [-0.25, -0.2) is 4.98 Å². The summed E-state index contributed by atoms with van der Waals surface area (Å²) in [5.74, 6) is 0.406. The Balaban J connectivity index is 1.48. The maximum absolute atomic E-state index is 10.9. The summed E-state index contributed by atoms with van der Waals surface area (Å²) in [6.07, 6.45) is 2.04. The molecule has 0 saturated carbocycles. The summed E-state index contributed by atoms with van der Waals surface area (Å²) in [6, 6.07) is 13.5. The topological polar surface area (TPSA) is 94.6 Å². The number of nitrogens with zero attached hydrogens (tertiary/aromatic N) is 4. The predicted molar refractivity (Wildman–Crippen MR) is 93.6 cm³/mol. The molecule has 0 fully saturated rings. The molecule has 0 aliphatic heterocycles. The summed E-state index contributed by atoms with van der Waals surface area (Å²) in [5, 5.41) is 18.3. The molecule has 0 unspecified atom stereocenters. The molecule has 0 bridgehead atoms. The van der Waals surface area contributed by atoms with Crippen LogP contribution in [0.2, 0.25) is 0 Å². The number of benzene rings is 1. The number of hydrogen-bond donors (Lipinski definition) is 1. The van der Waals surface area contributed by atoms with Crippen LogP contribution in [0.1, 0.15) is 25.0 Å². The van der Waals surface area contributed by atoms with Crippen LogP contribution in [0.25, 0.3) is 5.65 Å². The molecule has 130 valence electrons. The fourth-order valence-electron chi connectivity index (χ4n) is 2.45. The van der Waals surface area contributed by atoms with Crippen LogP contribution < -0.4 is 5.32 Å². The van der Waals surface area contributed by atoms with Gasteiger partial charge in [0.25, 0.3) is 0 Å². The fraction of sp³-hybridized carbons (Fsp3) is 0.294. The van der Waals surface area contributed by atoms with Gasteiger partial charge >= 0.3 is 5.82 Å². The zero-order valence-corrected chi connectivity index (χ0v) is 13.8. The standard InChI is InChI=1S/C17H19N5O3/c1-13(14-6-3-2-4-7-14)25-11-5-10-18-15-8-9-16-19-12-17(22(23)24)21(16)20-15/h2-4,6-9,12-13H,5,10-11H2,1H3,(H,18,20)/t13-/m0/s1. The highest BCUT2D eigenvalue weighted by Gasteiger charge is 2.15. The number of fused-ring (bicyclic) bond motifs is 1. The Kier molecular flexibility index (Phi) is 5.20. The molecule has 0 aliphatic carbocycles. The van der Waals surface area contributed by atoms with Crippen LogP contribution in [0, 0.1) is 10.1 Å². The van der Waals surface area contributed by atoms with Gasteiger partial charge in [-0.2, -0.15) is 0 Å². The largest absolute Gasteiger partial charge is 0.374 e. The van der Waals surface area contributed by atoms with Crippen molar-refractivity contribution in [1.29, 1.82) is 0 Å². The van der Waals surface area contributed by atoms with Gasteiger partial charge in [-0.1, -0.05) is 39.9 Å². The summed E-state index contributed by atoms with van der Waals surface area (Å²) < 4.78 is 7.03. The van der Waals surface area contributed by atoms with Gasteiger partial charge in [0, 0.05) is 19.2 Å². The lowest BCUT2D eigenvalue weighted by Gasteiger charge is -2.13. The Morgan fingerprint density at radius 2 is 2.08 bits per heavy atom. The molecular weight excluding hydrogens is 322 g/mol. The van der Waals surface area contributed by atoms with Crippen LogP contribution in [-0.4, -0.2) is 32.7 Å². The van der Waals surface area contributed by atoms with Gasteiger partial charge in [-0.3, -0.25) is 0 Å². The van der Waals surface area contributed by atoms with Gasteiger partial charge in [0.1, 0.15) is 6.20 Å². The summed E-state index contributed by atoms with van der Waals surface area (Å²) in [4.78, 5) is 14.4. The van der Waals surface area contributed by atoms with Crippen molar-refractivity contribution in [2.75, 3.05) is 18.5 Å².